The van der Waals surface area contributed by atoms with Gasteiger partial charge in [-0.25, -0.2) is 4.68 Å². The molecule has 1 aliphatic rings. The minimum atomic E-state index is -0.941. The molecule has 1 fully saturated rings. The Morgan fingerprint density at radius 1 is 1.71 bits per heavy atom. The number of hydrogen-bond acceptors (Lipinski definition) is 5. The van der Waals surface area contributed by atoms with Gasteiger partial charge in [0.05, 0.1) is 11.0 Å². The topological polar surface area (TPSA) is 90.4 Å². The normalized spacial score (nSPS) is 22.4. The van der Waals surface area contributed by atoms with Gasteiger partial charge >= 0.3 is 5.69 Å². The molecule has 1 saturated heterocycles. The highest BCUT2D eigenvalue weighted by Crippen LogP contribution is 2.31. The molecule has 1 aliphatic heterocycles. The fraction of sp³-hybridized carbons (Fsp3) is 0.700. The summed E-state index contributed by atoms with van der Waals surface area (Å²) in [6.07, 6.45) is 2.67. The third kappa shape index (κ3) is 2.29. The van der Waals surface area contributed by atoms with Crippen LogP contribution in [-0.4, -0.2) is 26.4 Å². The van der Waals surface area contributed by atoms with Crippen LogP contribution in [-0.2, 0) is 4.74 Å². The first-order chi connectivity index (χ1) is 8.11. The number of ether oxygens (including phenoxy) is 1. The molecule has 1 N–H and O–H groups in total. The van der Waals surface area contributed by atoms with Gasteiger partial charge in [0.15, 0.2) is 6.23 Å². The molecule has 0 spiro atoms. The summed E-state index contributed by atoms with van der Waals surface area (Å²) in [5.74, 6) is 0. The molecule has 1 aromatic rings. The number of nitro groups is 1. The van der Waals surface area contributed by atoms with E-state index in [1.54, 1.807) is 0 Å². The van der Waals surface area contributed by atoms with Crippen molar-refractivity contribution < 1.29 is 14.8 Å². The van der Waals surface area contributed by atoms with E-state index < -0.39 is 11.0 Å². The number of aliphatic hydroxyl groups excluding tert-OH is 1. The maximum atomic E-state index is 10.8. The Morgan fingerprint density at radius 2 is 2.47 bits per heavy atom. The zero-order valence-electron chi connectivity index (χ0n) is 9.57. The summed E-state index contributed by atoms with van der Waals surface area (Å²) >= 11 is 0. The van der Waals surface area contributed by atoms with Crippen molar-refractivity contribution in [3.63, 3.8) is 0 Å². The quantitative estimate of drug-likeness (QED) is 0.640. The first kappa shape index (κ1) is 12.0. The second-order valence-corrected chi connectivity index (χ2v) is 4.11. The van der Waals surface area contributed by atoms with Gasteiger partial charge in [-0.3, -0.25) is 10.1 Å². The molecule has 2 atom stereocenters. The number of nitrogens with zero attached hydrogens (tertiary/aromatic N) is 3. The zero-order chi connectivity index (χ0) is 12.4. The average molecular weight is 241 g/mol. The van der Waals surface area contributed by atoms with E-state index in [1.807, 2.05) is 0 Å². The molecule has 0 amide bonds. The Morgan fingerprint density at radius 3 is 3.00 bits per heavy atom. The van der Waals surface area contributed by atoms with Crippen molar-refractivity contribution in [1.29, 1.82) is 0 Å². The van der Waals surface area contributed by atoms with Gasteiger partial charge in [0.2, 0.25) is 0 Å². The van der Waals surface area contributed by atoms with Crippen LogP contribution < -0.4 is 0 Å². The predicted octanol–water partition coefficient (Wildman–Crippen LogP) is 1.54. The SMILES string of the molecule is CC(O)c1c([N+](=O)[O-])cnn1C1CCCCO1. The lowest BCUT2D eigenvalue weighted by atomic mass is 10.1. The van der Waals surface area contributed by atoms with Gasteiger partial charge < -0.3 is 9.84 Å². The van der Waals surface area contributed by atoms with Crippen LogP contribution in [0.25, 0.3) is 0 Å². The number of aliphatic hydroxyl groups is 1. The van der Waals surface area contributed by atoms with Gasteiger partial charge in [0.25, 0.3) is 0 Å². The van der Waals surface area contributed by atoms with Crippen LogP contribution in [0.2, 0.25) is 0 Å². The molecule has 7 heteroatoms. The standard InChI is InChI=1S/C10H15N3O4/c1-7(14)10-8(13(15)16)6-11-12(10)9-4-2-3-5-17-9/h6-7,9,14H,2-5H2,1H3. The second-order valence-electron chi connectivity index (χ2n) is 4.11. The summed E-state index contributed by atoms with van der Waals surface area (Å²) in [7, 11) is 0. The van der Waals surface area contributed by atoms with Gasteiger partial charge in [-0.2, -0.15) is 5.10 Å². The monoisotopic (exact) mass is 241 g/mol. The van der Waals surface area contributed by atoms with Crippen molar-refractivity contribution in [2.75, 3.05) is 6.61 Å². The van der Waals surface area contributed by atoms with E-state index in [9.17, 15) is 15.2 Å². The molecular weight excluding hydrogens is 226 g/mol. The van der Waals surface area contributed by atoms with E-state index in [2.05, 4.69) is 5.10 Å². The molecule has 2 unspecified atom stereocenters. The van der Waals surface area contributed by atoms with Crippen molar-refractivity contribution in [2.24, 2.45) is 0 Å². The Hall–Kier alpha value is -1.47. The highest BCUT2D eigenvalue weighted by atomic mass is 16.6. The third-order valence-corrected chi connectivity index (χ3v) is 2.83. The molecule has 94 valence electrons. The number of rotatable bonds is 3. The van der Waals surface area contributed by atoms with E-state index in [4.69, 9.17) is 4.74 Å². The first-order valence-electron chi connectivity index (χ1n) is 5.62. The highest BCUT2D eigenvalue weighted by molar-refractivity contribution is 5.34. The summed E-state index contributed by atoms with van der Waals surface area (Å²) in [6.45, 7) is 2.11. The minimum absolute atomic E-state index is 0.158. The third-order valence-electron chi connectivity index (χ3n) is 2.83. The van der Waals surface area contributed by atoms with E-state index in [0.717, 1.165) is 19.3 Å². The lowest BCUT2D eigenvalue weighted by Crippen LogP contribution is -2.22. The Labute approximate surface area is 98.1 Å². The van der Waals surface area contributed by atoms with E-state index in [-0.39, 0.29) is 17.6 Å². The van der Waals surface area contributed by atoms with Gasteiger partial charge in [-0.05, 0) is 26.2 Å². The van der Waals surface area contributed by atoms with Crippen LogP contribution in [0.1, 0.15) is 44.2 Å². The minimum Gasteiger partial charge on any atom is -0.387 e. The van der Waals surface area contributed by atoms with Crippen LogP contribution in [0.5, 0.6) is 0 Å². The van der Waals surface area contributed by atoms with Crippen LogP contribution >= 0.6 is 0 Å². The molecular formula is C10H15N3O4. The first-order valence-corrected chi connectivity index (χ1v) is 5.62. The molecule has 1 aromatic heterocycles. The maximum absolute atomic E-state index is 10.8. The van der Waals surface area contributed by atoms with Crippen LogP contribution in [0.4, 0.5) is 5.69 Å². The zero-order valence-corrected chi connectivity index (χ0v) is 9.57. The number of hydrogen-bond donors (Lipinski definition) is 1. The van der Waals surface area contributed by atoms with Gasteiger partial charge in [-0.15, -0.1) is 0 Å². The highest BCUT2D eigenvalue weighted by Gasteiger charge is 2.29. The molecule has 0 aromatic carbocycles. The predicted molar refractivity (Wildman–Crippen MR) is 58.4 cm³/mol. The Kier molecular flexibility index (Phi) is 3.39. The molecule has 7 nitrogen and oxygen atoms in total. The van der Waals surface area contributed by atoms with E-state index in [1.165, 1.54) is 17.8 Å². The summed E-state index contributed by atoms with van der Waals surface area (Å²) in [4.78, 5) is 10.3. The van der Waals surface area contributed by atoms with E-state index in [0.29, 0.717) is 6.61 Å². The molecule has 0 radical (unpaired) electrons. The van der Waals surface area contributed by atoms with Gasteiger partial charge in [-0.1, -0.05) is 0 Å². The van der Waals surface area contributed by atoms with Crippen LogP contribution in [0.15, 0.2) is 6.20 Å². The van der Waals surface area contributed by atoms with Crippen LogP contribution in [0.3, 0.4) is 0 Å². The maximum Gasteiger partial charge on any atom is 0.312 e. The molecule has 0 saturated carbocycles. The lowest BCUT2D eigenvalue weighted by Gasteiger charge is -2.24. The van der Waals surface area contributed by atoms with Crippen LogP contribution in [0, 0.1) is 10.1 Å². The molecule has 0 aliphatic carbocycles. The molecule has 0 bridgehead atoms. The van der Waals surface area contributed by atoms with Crippen molar-refractivity contribution in [3.05, 3.63) is 22.0 Å². The summed E-state index contributed by atoms with van der Waals surface area (Å²) in [6, 6.07) is 0. The summed E-state index contributed by atoms with van der Waals surface area (Å²) in [5.41, 5.74) is 0.0519. The lowest BCUT2D eigenvalue weighted by molar-refractivity contribution is -0.386. The molecule has 17 heavy (non-hydrogen) atoms. The van der Waals surface area contributed by atoms with Crippen molar-refractivity contribution in [2.45, 2.75) is 38.5 Å². The fourth-order valence-electron chi connectivity index (χ4n) is 2.05. The Balaban J connectivity index is 2.35. The van der Waals surface area contributed by atoms with E-state index >= 15 is 0 Å². The van der Waals surface area contributed by atoms with Crippen molar-refractivity contribution >= 4 is 5.69 Å². The number of aromatic nitrogens is 2. The largest absolute Gasteiger partial charge is 0.387 e. The molecule has 2 rings (SSSR count). The summed E-state index contributed by atoms with van der Waals surface area (Å²) < 4.78 is 6.95. The second kappa shape index (κ2) is 4.80. The summed E-state index contributed by atoms with van der Waals surface area (Å²) in [5, 5.41) is 24.4. The van der Waals surface area contributed by atoms with Gasteiger partial charge in [0.1, 0.15) is 11.9 Å². The fourth-order valence-corrected chi connectivity index (χ4v) is 2.05. The van der Waals surface area contributed by atoms with Crippen molar-refractivity contribution in [3.8, 4) is 0 Å². The average Bonchev–Trinajstić information content (AvgIpc) is 2.74. The van der Waals surface area contributed by atoms with Crippen molar-refractivity contribution in [1.82, 2.24) is 9.78 Å². The van der Waals surface area contributed by atoms with Gasteiger partial charge in [0, 0.05) is 6.61 Å². The smallest absolute Gasteiger partial charge is 0.312 e. The Bertz CT molecular complexity index is 410. The molecule has 2 heterocycles.